The standard InChI is InChI=1S/C10H13F3N2O2S/c1-3-17-6(2)9-14-4-7(18-9)8(16)15-5-10(11,12)13/h4,6H,3,5H2,1-2H3,(H,15,16). The zero-order valence-corrected chi connectivity index (χ0v) is 10.7. The number of carbonyl (C=O) groups excluding carboxylic acids is 1. The molecule has 0 bridgehead atoms. The van der Waals surface area contributed by atoms with E-state index in [0.717, 1.165) is 11.3 Å². The van der Waals surface area contributed by atoms with Crippen molar-refractivity contribution in [1.29, 1.82) is 0 Å². The molecule has 0 fully saturated rings. The number of carbonyl (C=O) groups is 1. The van der Waals surface area contributed by atoms with Gasteiger partial charge in [0.15, 0.2) is 0 Å². The molecule has 0 aliphatic heterocycles. The molecule has 1 unspecified atom stereocenters. The molecule has 0 saturated heterocycles. The molecule has 4 nitrogen and oxygen atoms in total. The van der Waals surface area contributed by atoms with E-state index in [4.69, 9.17) is 4.74 Å². The third kappa shape index (κ3) is 4.61. The lowest BCUT2D eigenvalue weighted by molar-refractivity contribution is -0.123. The zero-order chi connectivity index (χ0) is 13.8. The molecule has 1 aromatic heterocycles. The highest BCUT2D eigenvalue weighted by Gasteiger charge is 2.28. The molecule has 102 valence electrons. The van der Waals surface area contributed by atoms with Crippen molar-refractivity contribution in [3.05, 3.63) is 16.1 Å². The number of rotatable bonds is 5. The first-order chi connectivity index (χ1) is 8.33. The van der Waals surface area contributed by atoms with E-state index in [1.165, 1.54) is 6.20 Å². The van der Waals surface area contributed by atoms with Gasteiger partial charge in [0.25, 0.3) is 5.91 Å². The molecule has 1 amide bonds. The maximum Gasteiger partial charge on any atom is 0.405 e. The molecule has 0 spiro atoms. The first-order valence-corrected chi connectivity index (χ1v) is 6.07. The topological polar surface area (TPSA) is 51.2 Å². The summed E-state index contributed by atoms with van der Waals surface area (Å²) in [6.07, 6.45) is -3.44. The number of hydrogen-bond donors (Lipinski definition) is 1. The highest BCUT2D eigenvalue weighted by atomic mass is 32.1. The molecule has 1 aromatic rings. The molecule has 0 aromatic carbocycles. The lowest BCUT2D eigenvalue weighted by Gasteiger charge is -2.07. The van der Waals surface area contributed by atoms with Gasteiger partial charge in [0.1, 0.15) is 22.5 Å². The fraction of sp³-hybridized carbons (Fsp3) is 0.600. The highest BCUT2D eigenvalue weighted by Crippen LogP contribution is 2.22. The number of halogens is 3. The fourth-order valence-corrected chi connectivity index (χ4v) is 2.00. The van der Waals surface area contributed by atoms with Crippen molar-refractivity contribution >= 4 is 17.2 Å². The quantitative estimate of drug-likeness (QED) is 0.903. The summed E-state index contributed by atoms with van der Waals surface area (Å²) >= 11 is 1.02. The van der Waals surface area contributed by atoms with Gasteiger partial charge in [-0.25, -0.2) is 4.98 Å². The average Bonchev–Trinajstić information content (AvgIpc) is 2.74. The van der Waals surface area contributed by atoms with Gasteiger partial charge in [-0.1, -0.05) is 0 Å². The van der Waals surface area contributed by atoms with E-state index in [1.54, 1.807) is 12.2 Å². The third-order valence-corrected chi connectivity index (χ3v) is 3.12. The van der Waals surface area contributed by atoms with Crippen LogP contribution in [-0.2, 0) is 4.74 Å². The van der Waals surface area contributed by atoms with Crippen LogP contribution in [0.4, 0.5) is 13.2 Å². The van der Waals surface area contributed by atoms with Crippen LogP contribution >= 0.6 is 11.3 Å². The van der Waals surface area contributed by atoms with Crippen molar-refractivity contribution in [3.8, 4) is 0 Å². The molecule has 0 saturated carbocycles. The van der Waals surface area contributed by atoms with Crippen LogP contribution in [0.2, 0.25) is 0 Å². The monoisotopic (exact) mass is 282 g/mol. The molecule has 8 heteroatoms. The number of aromatic nitrogens is 1. The summed E-state index contributed by atoms with van der Waals surface area (Å²) in [4.78, 5) is 15.5. The van der Waals surface area contributed by atoms with Crippen LogP contribution < -0.4 is 5.32 Å². The smallest absolute Gasteiger partial charge is 0.372 e. The van der Waals surface area contributed by atoms with Gasteiger partial charge in [-0.15, -0.1) is 11.3 Å². The highest BCUT2D eigenvalue weighted by molar-refractivity contribution is 7.13. The summed E-state index contributed by atoms with van der Waals surface area (Å²) in [5, 5.41) is 2.35. The van der Waals surface area contributed by atoms with Gasteiger partial charge in [-0.2, -0.15) is 13.2 Å². The van der Waals surface area contributed by atoms with Crippen molar-refractivity contribution in [2.45, 2.75) is 26.1 Å². The molecular weight excluding hydrogens is 269 g/mol. The maximum atomic E-state index is 11.9. The molecule has 1 heterocycles. The summed E-state index contributed by atoms with van der Waals surface area (Å²) in [7, 11) is 0. The van der Waals surface area contributed by atoms with Crippen molar-refractivity contribution in [3.63, 3.8) is 0 Å². The minimum absolute atomic E-state index is 0.140. The minimum atomic E-state index is -4.41. The number of nitrogens with one attached hydrogen (secondary N) is 1. The molecule has 0 radical (unpaired) electrons. The van der Waals surface area contributed by atoms with Crippen LogP contribution in [-0.4, -0.2) is 30.2 Å². The summed E-state index contributed by atoms with van der Waals surface area (Å²) < 4.78 is 41.0. The molecule has 1 atom stereocenters. The SMILES string of the molecule is CCOC(C)c1ncc(C(=O)NCC(F)(F)F)s1. The Labute approximate surface area is 106 Å². The van der Waals surface area contributed by atoms with Crippen LogP contribution in [0.25, 0.3) is 0 Å². The Morgan fingerprint density at radius 2 is 2.28 bits per heavy atom. The van der Waals surface area contributed by atoms with Crippen LogP contribution in [0.3, 0.4) is 0 Å². The molecule has 0 aliphatic carbocycles. The van der Waals surface area contributed by atoms with Gasteiger partial charge < -0.3 is 10.1 Å². The molecule has 18 heavy (non-hydrogen) atoms. The lowest BCUT2D eigenvalue weighted by Crippen LogP contribution is -2.33. The summed E-state index contributed by atoms with van der Waals surface area (Å²) in [5.41, 5.74) is 0. The zero-order valence-electron chi connectivity index (χ0n) is 9.87. The van der Waals surface area contributed by atoms with Crippen LogP contribution in [0.15, 0.2) is 6.20 Å². The summed E-state index contributed by atoms with van der Waals surface area (Å²) in [6.45, 7) is 2.73. The predicted molar refractivity (Wildman–Crippen MR) is 60.5 cm³/mol. The first kappa shape index (κ1) is 14.9. The maximum absolute atomic E-state index is 11.9. The van der Waals surface area contributed by atoms with Crippen molar-refractivity contribution in [2.24, 2.45) is 0 Å². The Morgan fingerprint density at radius 1 is 1.61 bits per heavy atom. The van der Waals surface area contributed by atoms with E-state index in [1.807, 2.05) is 6.92 Å². The molecule has 0 aliphatic rings. The van der Waals surface area contributed by atoms with E-state index in [-0.39, 0.29) is 11.0 Å². The van der Waals surface area contributed by atoms with E-state index in [9.17, 15) is 18.0 Å². The fourth-order valence-electron chi connectivity index (χ4n) is 1.17. The normalized spacial score (nSPS) is 13.4. The number of ether oxygens (including phenoxy) is 1. The van der Waals surface area contributed by atoms with Gasteiger partial charge in [-0.05, 0) is 13.8 Å². The van der Waals surface area contributed by atoms with Gasteiger partial charge >= 0.3 is 6.18 Å². The van der Waals surface area contributed by atoms with E-state index in [2.05, 4.69) is 4.98 Å². The largest absolute Gasteiger partial charge is 0.405 e. The number of amides is 1. The van der Waals surface area contributed by atoms with Gasteiger partial charge in [0.2, 0.25) is 0 Å². The summed E-state index contributed by atoms with van der Waals surface area (Å²) in [5.74, 6) is -0.778. The number of alkyl halides is 3. The first-order valence-electron chi connectivity index (χ1n) is 5.25. The Morgan fingerprint density at radius 3 is 2.83 bits per heavy atom. The molecule has 1 rings (SSSR count). The predicted octanol–water partition coefficient (Wildman–Crippen LogP) is 2.53. The van der Waals surface area contributed by atoms with Gasteiger partial charge in [-0.3, -0.25) is 4.79 Å². The van der Waals surface area contributed by atoms with E-state index >= 15 is 0 Å². The minimum Gasteiger partial charge on any atom is -0.372 e. The Balaban J connectivity index is 2.59. The van der Waals surface area contributed by atoms with Crippen LogP contribution in [0, 0.1) is 0 Å². The van der Waals surface area contributed by atoms with Gasteiger partial charge in [0.05, 0.1) is 6.20 Å². The van der Waals surface area contributed by atoms with Crippen LogP contribution in [0.1, 0.15) is 34.6 Å². The second kappa shape index (κ2) is 6.14. The Kier molecular flexibility index (Phi) is 5.09. The third-order valence-electron chi connectivity index (χ3n) is 1.96. The average molecular weight is 282 g/mol. The van der Waals surface area contributed by atoms with Crippen LogP contribution in [0.5, 0.6) is 0 Å². The second-order valence-corrected chi connectivity index (χ2v) is 4.52. The number of thiazole rings is 1. The van der Waals surface area contributed by atoms with E-state index in [0.29, 0.717) is 11.6 Å². The lowest BCUT2D eigenvalue weighted by atomic mass is 10.4. The van der Waals surface area contributed by atoms with Crippen molar-refractivity contribution < 1.29 is 22.7 Å². The molecular formula is C10H13F3N2O2S. The van der Waals surface area contributed by atoms with Crippen molar-refractivity contribution in [2.75, 3.05) is 13.2 Å². The van der Waals surface area contributed by atoms with Gasteiger partial charge in [0, 0.05) is 6.61 Å². The number of nitrogens with zero attached hydrogens (tertiary/aromatic N) is 1. The Hall–Kier alpha value is -1.15. The van der Waals surface area contributed by atoms with E-state index < -0.39 is 18.6 Å². The summed E-state index contributed by atoms with van der Waals surface area (Å²) in [6, 6.07) is 0. The second-order valence-electron chi connectivity index (χ2n) is 3.46. The molecule has 1 N–H and O–H groups in total. The number of hydrogen-bond acceptors (Lipinski definition) is 4. The van der Waals surface area contributed by atoms with Crippen molar-refractivity contribution in [1.82, 2.24) is 10.3 Å². The Bertz CT molecular complexity index is 406.